The number of hydrogen-bond donors (Lipinski definition) is 0. The first-order valence-electron chi connectivity index (χ1n) is 11.4. The van der Waals surface area contributed by atoms with Crippen LogP contribution >= 0.6 is 0 Å². The molecule has 1 fully saturated rings. The third kappa shape index (κ3) is 5.90. The van der Waals surface area contributed by atoms with Gasteiger partial charge in [0, 0.05) is 35.2 Å². The summed E-state index contributed by atoms with van der Waals surface area (Å²) in [4.78, 5) is 2.26. The lowest BCUT2D eigenvalue weighted by atomic mass is 9.90. The molecule has 0 N–H and O–H groups in total. The number of anilines is 3. The highest BCUT2D eigenvalue weighted by atomic mass is 16.5. The van der Waals surface area contributed by atoms with E-state index in [4.69, 9.17) is 14.2 Å². The first kappa shape index (κ1) is 22.4. The number of ether oxygens (including phenoxy) is 3. The maximum Gasteiger partial charge on any atom is 0.121 e. The normalized spacial score (nSPS) is 14.6. The van der Waals surface area contributed by atoms with Gasteiger partial charge in [-0.1, -0.05) is 43.3 Å². The molecule has 4 rings (SSSR count). The summed E-state index contributed by atoms with van der Waals surface area (Å²) < 4.78 is 17.1. The Morgan fingerprint density at radius 2 is 1.50 bits per heavy atom. The summed E-state index contributed by atoms with van der Waals surface area (Å²) in [5, 5.41) is 0. The molecule has 1 heterocycles. The first-order chi connectivity index (χ1) is 15.6. The van der Waals surface area contributed by atoms with E-state index in [2.05, 4.69) is 85.5 Å². The SMILES string of the molecule is Cc1cccc(N(c2ccccc2)c2cccc(OCCCCOCC3(C)COC3)c2)c1. The smallest absolute Gasteiger partial charge is 0.121 e. The van der Waals surface area contributed by atoms with Gasteiger partial charge in [-0.15, -0.1) is 0 Å². The summed E-state index contributed by atoms with van der Waals surface area (Å²) in [6.45, 7) is 8.20. The molecule has 1 saturated heterocycles. The fourth-order valence-electron chi connectivity index (χ4n) is 3.85. The lowest BCUT2D eigenvalue weighted by molar-refractivity contribution is -0.138. The number of nitrogens with zero attached hydrogens (tertiary/aromatic N) is 1. The van der Waals surface area contributed by atoms with E-state index in [9.17, 15) is 0 Å². The molecule has 3 aromatic rings. The van der Waals surface area contributed by atoms with Crippen molar-refractivity contribution in [2.24, 2.45) is 5.41 Å². The molecule has 0 bridgehead atoms. The van der Waals surface area contributed by atoms with Gasteiger partial charge in [0.1, 0.15) is 5.75 Å². The fourth-order valence-corrected chi connectivity index (χ4v) is 3.85. The molecule has 4 nitrogen and oxygen atoms in total. The van der Waals surface area contributed by atoms with Gasteiger partial charge in [-0.05, 0) is 61.7 Å². The van der Waals surface area contributed by atoms with Crippen LogP contribution in [0.3, 0.4) is 0 Å². The van der Waals surface area contributed by atoms with Gasteiger partial charge >= 0.3 is 0 Å². The Bertz CT molecular complexity index is 985. The molecule has 0 unspecified atom stereocenters. The monoisotopic (exact) mass is 431 g/mol. The zero-order valence-electron chi connectivity index (χ0n) is 19.1. The lowest BCUT2D eigenvalue weighted by Gasteiger charge is -2.37. The van der Waals surface area contributed by atoms with Crippen LogP contribution in [0.15, 0.2) is 78.9 Å². The van der Waals surface area contributed by atoms with E-state index < -0.39 is 0 Å². The number of unbranched alkanes of at least 4 members (excludes halogenated alkanes) is 1. The van der Waals surface area contributed by atoms with Gasteiger partial charge in [0.25, 0.3) is 0 Å². The molecule has 0 radical (unpaired) electrons. The molecule has 168 valence electrons. The second-order valence-corrected chi connectivity index (χ2v) is 8.92. The number of rotatable bonds is 11. The second-order valence-electron chi connectivity index (χ2n) is 8.92. The summed E-state index contributed by atoms with van der Waals surface area (Å²) in [6, 6.07) is 27.3. The summed E-state index contributed by atoms with van der Waals surface area (Å²) in [7, 11) is 0. The first-order valence-corrected chi connectivity index (χ1v) is 11.4. The van der Waals surface area contributed by atoms with Crippen LogP contribution in [0.5, 0.6) is 5.75 Å². The van der Waals surface area contributed by atoms with Crippen molar-refractivity contribution in [2.45, 2.75) is 26.7 Å². The van der Waals surface area contributed by atoms with Crippen LogP contribution in [-0.2, 0) is 9.47 Å². The highest BCUT2D eigenvalue weighted by Gasteiger charge is 2.33. The third-order valence-corrected chi connectivity index (χ3v) is 5.65. The van der Waals surface area contributed by atoms with Gasteiger partial charge in [-0.3, -0.25) is 0 Å². The van der Waals surface area contributed by atoms with Crippen LogP contribution in [0, 0.1) is 12.3 Å². The van der Waals surface area contributed by atoms with Crippen LogP contribution in [0.4, 0.5) is 17.1 Å². The summed E-state index contributed by atoms with van der Waals surface area (Å²) in [5.74, 6) is 0.885. The summed E-state index contributed by atoms with van der Waals surface area (Å²) >= 11 is 0. The van der Waals surface area contributed by atoms with Gasteiger partial charge in [-0.2, -0.15) is 0 Å². The van der Waals surface area contributed by atoms with Crippen LogP contribution < -0.4 is 9.64 Å². The van der Waals surface area contributed by atoms with Crippen molar-refractivity contribution < 1.29 is 14.2 Å². The maximum absolute atomic E-state index is 6.07. The Morgan fingerprint density at radius 3 is 2.22 bits per heavy atom. The van der Waals surface area contributed by atoms with E-state index in [1.54, 1.807) is 0 Å². The van der Waals surface area contributed by atoms with Crippen molar-refractivity contribution in [1.29, 1.82) is 0 Å². The quantitative estimate of drug-likeness (QED) is 0.317. The molecular weight excluding hydrogens is 398 g/mol. The average Bonchev–Trinajstić information content (AvgIpc) is 2.78. The van der Waals surface area contributed by atoms with E-state index in [0.29, 0.717) is 6.61 Å². The van der Waals surface area contributed by atoms with Crippen molar-refractivity contribution in [2.75, 3.05) is 37.9 Å². The Hall–Kier alpha value is -2.82. The van der Waals surface area contributed by atoms with Crippen LogP contribution in [-0.4, -0.2) is 33.0 Å². The zero-order valence-corrected chi connectivity index (χ0v) is 19.1. The van der Waals surface area contributed by atoms with Gasteiger partial charge in [0.2, 0.25) is 0 Å². The van der Waals surface area contributed by atoms with Gasteiger partial charge in [0.15, 0.2) is 0 Å². The van der Waals surface area contributed by atoms with E-state index in [-0.39, 0.29) is 5.41 Å². The average molecular weight is 432 g/mol. The Morgan fingerprint density at radius 1 is 0.812 bits per heavy atom. The van der Waals surface area contributed by atoms with E-state index in [1.165, 1.54) is 5.56 Å². The number of aryl methyl sites for hydroxylation is 1. The topological polar surface area (TPSA) is 30.9 Å². The van der Waals surface area contributed by atoms with Crippen molar-refractivity contribution in [3.63, 3.8) is 0 Å². The minimum absolute atomic E-state index is 0.221. The third-order valence-electron chi connectivity index (χ3n) is 5.65. The molecule has 0 saturated carbocycles. The van der Waals surface area contributed by atoms with E-state index >= 15 is 0 Å². The van der Waals surface area contributed by atoms with Crippen molar-refractivity contribution in [3.8, 4) is 5.75 Å². The predicted octanol–water partition coefficient (Wildman–Crippen LogP) is 6.68. The number of hydrogen-bond acceptors (Lipinski definition) is 4. The highest BCUT2D eigenvalue weighted by Crippen LogP contribution is 2.36. The molecule has 1 aliphatic heterocycles. The Labute approximate surface area is 191 Å². The number of para-hydroxylation sites is 1. The summed E-state index contributed by atoms with van der Waals surface area (Å²) in [5.41, 5.74) is 4.79. The molecule has 4 heteroatoms. The van der Waals surface area contributed by atoms with Gasteiger partial charge in [0.05, 0.1) is 26.4 Å². The van der Waals surface area contributed by atoms with Crippen molar-refractivity contribution in [3.05, 3.63) is 84.4 Å². The Kier molecular flexibility index (Phi) is 7.46. The molecule has 0 spiro atoms. The molecule has 0 aromatic heterocycles. The van der Waals surface area contributed by atoms with E-state index in [0.717, 1.165) is 62.1 Å². The standard InChI is InChI=1S/C28H33NO3/c1-23-10-8-13-25(18-23)29(24-11-4-3-5-12-24)26-14-9-15-27(19-26)32-17-7-6-16-30-20-28(2)21-31-22-28/h3-5,8-15,18-19H,6-7,16-17,20-22H2,1-2H3. The Balaban J connectivity index is 1.36. The minimum Gasteiger partial charge on any atom is -0.494 e. The maximum atomic E-state index is 6.07. The molecule has 1 aliphatic rings. The lowest BCUT2D eigenvalue weighted by Crippen LogP contribution is -2.43. The molecular formula is C28H33NO3. The summed E-state index contributed by atoms with van der Waals surface area (Å²) in [6.07, 6.45) is 1.97. The van der Waals surface area contributed by atoms with Crippen LogP contribution in [0.1, 0.15) is 25.3 Å². The minimum atomic E-state index is 0.221. The predicted molar refractivity (Wildman–Crippen MR) is 130 cm³/mol. The fraction of sp³-hybridized carbons (Fsp3) is 0.357. The molecule has 0 amide bonds. The molecule has 3 aromatic carbocycles. The van der Waals surface area contributed by atoms with Crippen molar-refractivity contribution in [1.82, 2.24) is 0 Å². The number of benzene rings is 3. The van der Waals surface area contributed by atoms with Crippen LogP contribution in [0.25, 0.3) is 0 Å². The molecule has 32 heavy (non-hydrogen) atoms. The van der Waals surface area contributed by atoms with Gasteiger partial charge in [-0.25, -0.2) is 0 Å². The zero-order chi connectivity index (χ0) is 22.2. The van der Waals surface area contributed by atoms with E-state index in [1.807, 2.05) is 12.1 Å². The highest BCUT2D eigenvalue weighted by molar-refractivity contribution is 5.77. The van der Waals surface area contributed by atoms with Gasteiger partial charge < -0.3 is 19.1 Å². The molecule has 0 aliphatic carbocycles. The van der Waals surface area contributed by atoms with Crippen molar-refractivity contribution >= 4 is 17.1 Å². The molecule has 0 atom stereocenters. The largest absolute Gasteiger partial charge is 0.494 e. The second kappa shape index (κ2) is 10.7. The van der Waals surface area contributed by atoms with Crippen LogP contribution in [0.2, 0.25) is 0 Å².